The number of carboxylic acid groups (broad SMARTS) is 1. The summed E-state index contributed by atoms with van der Waals surface area (Å²) in [5, 5.41) is 9.72. The summed E-state index contributed by atoms with van der Waals surface area (Å²) in [7, 11) is 0. The maximum absolute atomic E-state index is 15.7. The first-order chi connectivity index (χ1) is 21.8. The molecule has 1 fully saturated rings. The van der Waals surface area contributed by atoms with E-state index in [0.29, 0.717) is 6.61 Å². The molecule has 2 aromatic heterocycles. The number of carboxylic acids is 1. The summed E-state index contributed by atoms with van der Waals surface area (Å²) in [6.45, 7) is 3.99. The third-order valence-electron chi connectivity index (χ3n) is 8.01. The van der Waals surface area contributed by atoms with Crippen LogP contribution in [0.15, 0.2) is 54.6 Å². The topological polar surface area (TPSA) is 86.5 Å². The molecule has 0 amide bonds. The highest BCUT2D eigenvalue weighted by Crippen LogP contribution is 2.41. The Kier molecular flexibility index (Phi) is 8.20. The van der Waals surface area contributed by atoms with E-state index >= 15 is 17.6 Å². The molecule has 0 spiro atoms. The second-order valence-corrected chi connectivity index (χ2v) is 12.1. The summed E-state index contributed by atoms with van der Waals surface area (Å²) >= 11 is 5.77. The van der Waals surface area contributed by atoms with E-state index in [0.717, 1.165) is 18.2 Å². The monoisotopic (exact) mass is 657 g/mol. The third kappa shape index (κ3) is 5.78. The van der Waals surface area contributed by atoms with Crippen LogP contribution in [-0.2, 0) is 17.8 Å². The molecule has 1 unspecified atom stereocenters. The van der Waals surface area contributed by atoms with Crippen LogP contribution < -0.4 is 4.74 Å². The van der Waals surface area contributed by atoms with Crippen molar-refractivity contribution in [2.45, 2.75) is 32.9 Å². The lowest BCUT2D eigenvalue weighted by Crippen LogP contribution is -2.27. The van der Waals surface area contributed by atoms with Crippen molar-refractivity contribution in [1.29, 1.82) is 0 Å². The van der Waals surface area contributed by atoms with Gasteiger partial charge < -0.3 is 19.1 Å². The average Bonchev–Trinajstić information content (AvgIpc) is 3.54. The SMILES string of the molecule is CC1(C)COCC1n1c(Cc2c(F)cc(-c3cccc(OCc4ccc(Cl)cc4F)n3)c(F)c2F)nc2c(F)cc(C(=O)O)cc21. The van der Waals surface area contributed by atoms with Crippen molar-refractivity contribution in [2.24, 2.45) is 5.41 Å². The molecule has 0 saturated carbocycles. The minimum atomic E-state index is -1.50. The number of benzene rings is 3. The first kappa shape index (κ1) is 31.4. The number of aromatic carboxylic acids is 1. The predicted molar refractivity (Wildman–Crippen MR) is 158 cm³/mol. The number of rotatable bonds is 8. The van der Waals surface area contributed by atoms with Gasteiger partial charge in [0.15, 0.2) is 17.5 Å². The number of carbonyl (C=O) groups is 1. The van der Waals surface area contributed by atoms with Gasteiger partial charge in [0.2, 0.25) is 5.88 Å². The molecule has 0 aliphatic carbocycles. The maximum atomic E-state index is 15.7. The van der Waals surface area contributed by atoms with Crippen LogP contribution >= 0.6 is 11.6 Å². The summed E-state index contributed by atoms with van der Waals surface area (Å²) in [4.78, 5) is 20.1. The van der Waals surface area contributed by atoms with E-state index in [1.165, 1.54) is 41.0 Å². The van der Waals surface area contributed by atoms with E-state index in [9.17, 15) is 14.3 Å². The van der Waals surface area contributed by atoms with E-state index in [1.807, 2.05) is 13.8 Å². The van der Waals surface area contributed by atoms with Gasteiger partial charge in [-0.05, 0) is 36.4 Å². The highest BCUT2D eigenvalue weighted by Gasteiger charge is 2.39. The smallest absolute Gasteiger partial charge is 0.335 e. The third-order valence-corrected chi connectivity index (χ3v) is 8.25. The van der Waals surface area contributed by atoms with Gasteiger partial charge in [-0.2, -0.15) is 0 Å². The molecule has 6 rings (SSSR count). The van der Waals surface area contributed by atoms with Crippen molar-refractivity contribution in [3.8, 4) is 17.1 Å². The summed E-state index contributed by atoms with van der Waals surface area (Å²) < 4.78 is 88.8. The summed E-state index contributed by atoms with van der Waals surface area (Å²) in [6, 6.07) is 10.6. The van der Waals surface area contributed by atoms with Gasteiger partial charge in [-0.15, -0.1) is 0 Å². The molecule has 238 valence electrons. The highest BCUT2D eigenvalue weighted by atomic mass is 35.5. The van der Waals surface area contributed by atoms with Crippen LogP contribution in [-0.4, -0.2) is 38.8 Å². The molecule has 3 heterocycles. The Morgan fingerprint density at radius 1 is 1.02 bits per heavy atom. The molecule has 1 saturated heterocycles. The molecule has 46 heavy (non-hydrogen) atoms. The van der Waals surface area contributed by atoms with Gasteiger partial charge in [0.1, 0.15) is 29.6 Å². The van der Waals surface area contributed by atoms with Crippen molar-refractivity contribution < 1.29 is 41.3 Å². The average molecular weight is 658 g/mol. The number of aromatic nitrogens is 3. The predicted octanol–water partition coefficient (Wildman–Crippen LogP) is 7.91. The fourth-order valence-electron chi connectivity index (χ4n) is 5.55. The normalized spacial score (nSPS) is 15.9. The van der Waals surface area contributed by atoms with E-state index < -0.39 is 64.1 Å². The lowest BCUT2D eigenvalue weighted by atomic mass is 9.87. The molecule has 0 radical (unpaired) electrons. The molecule has 1 aliphatic heterocycles. The number of halogens is 6. The number of hydrogen-bond donors (Lipinski definition) is 1. The van der Waals surface area contributed by atoms with E-state index in [2.05, 4.69) is 9.97 Å². The Morgan fingerprint density at radius 2 is 1.80 bits per heavy atom. The van der Waals surface area contributed by atoms with Crippen LogP contribution in [0.2, 0.25) is 5.02 Å². The maximum Gasteiger partial charge on any atom is 0.335 e. The Hall–Kier alpha value is -4.55. The van der Waals surface area contributed by atoms with E-state index in [-0.39, 0.29) is 57.8 Å². The van der Waals surface area contributed by atoms with Crippen LogP contribution in [0.25, 0.3) is 22.3 Å². The number of nitrogens with zero attached hydrogens (tertiary/aromatic N) is 3. The summed E-state index contributed by atoms with van der Waals surface area (Å²) in [5.74, 6) is -6.96. The molecule has 1 N–H and O–H groups in total. The summed E-state index contributed by atoms with van der Waals surface area (Å²) in [5.41, 5.74) is -2.08. The number of pyridine rings is 1. The van der Waals surface area contributed by atoms with Crippen LogP contribution in [0.4, 0.5) is 22.0 Å². The number of hydrogen-bond acceptors (Lipinski definition) is 5. The molecular weight excluding hydrogens is 633 g/mol. The van der Waals surface area contributed by atoms with Crippen LogP contribution in [0.5, 0.6) is 5.88 Å². The zero-order valence-electron chi connectivity index (χ0n) is 24.4. The second-order valence-electron chi connectivity index (χ2n) is 11.6. The van der Waals surface area contributed by atoms with Crippen LogP contribution in [0.1, 0.15) is 47.2 Å². The molecule has 3 aromatic carbocycles. The fraction of sp³-hybridized carbons (Fsp3) is 0.242. The zero-order valence-corrected chi connectivity index (χ0v) is 25.1. The van der Waals surface area contributed by atoms with Gasteiger partial charge in [0, 0.05) is 39.6 Å². The van der Waals surface area contributed by atoms with E-state index in [1.54, 1.807) is 0 Å². The molecule has 1 atom stereocenters. The van der Waals surface area contributed by atoms with Crippen molar-refractivity contribution in [2.75, 3.05) is 13.2 Å². The molecule has 13 heteroatoms. The first-order valence-electron chi connectivity index (χ1n) is 14.1. The number of imidazole rings is 1. The van der Waals surface area contributed by atoms with Crippen molar-refractivity contribution in [1.82, 2.24) is 14.5 Å². The zero-order chi connectivity index (χ0) is 32.9. The lowest BCUT2D eigenvalue weighted by Gasteiger charge is -2.28. The number of fused-ring (bicyclic) bond motifs is 1. The standard InChI is InChI=1S/C33H25ClF5N3O4/c1-33(2)15-45-14-26(33)42-25-9-17(32(43)44)8-23(37)31(25)41-27(42)12-19-22(36)11-20(30(39)29(19)38)24-4-3-5-28(40-24)46-13-16-6-7-18(34)10-21(16)35/h3-11,26H,12-15H2,1-2H3,(H,43,44). The molecule has 7 nitrogen and oxygen atoms in total. The van der Waals surface area contributed by atoms with Crippen molar-refractivity contribution >= 4 is 28.6 Å². The first-order valence-corrected chi connectivity index (χ1v) is 14.4. The molecule has 5 aromatic rings. The van der Waals surface area contributed by atoms with Gasteiger partial charge in [-0.25, -0.2) is 36.7 Å². The molecular formula is C33H25ClF5N3O4. The fourth-order valence-corrected chi connectivity index (χ4v) is 5.71. The Balaban J connectivity index is 1.37. The van der Waals surface area contributed by atoms with Crippen LogP contribution in [0.3, 0.4) is 0 Å². The minimum absolute atomic E-state index is 0.00656. The minimum Gasteiger partial charge on any atom is -0.478 e. The Morgan fingerprint density at radius 3 is 2.50 bits per heavy atom. The van der Waals surface area contributed by atoms with Crippen LogP contribution in [0, 0.1) is 34.5 Å². The Labute approximate surface area is 264 Å². The quantitative estimate of drug-likeness (QED) is 0.135. The van der Waals surface area contributed by atoms with Gasteiger partial charge in [0.25, 0.3) is 0 Å². The van der Waals surface area contributed by atoms with Gasteiger partial charge in [0.05, 0.1) is 36.0 Å². The van der Waals surface area contributed by atoms with Crippen molar-refractivity contribution in [3.63, 3.8) is 0 Å². The molecule has 0 bridgehead atoms. The molecule has 1 aliphatic rings. The van der Waals surface area contributed by atoms with Gasteiger partial charge >= 0.3 is 5.97 Å². The Bertz CT molecular complexity index is 2020. The van der Waals surface area contributed by atoms with Gasteiger partial charge in [-0.1, -0.05) is 37.6 Å². The van der Waals surface area contributed by atoms with E-state index in [4.69, 9.17) is 21.1 Å². The number of ether oxygens (including phenoxy) is 2. The second kappa shape index (κ2) is 12.0. The van der Waals surface area contributed by atoms with Gasteiger partial charge in [-0.3, -0.25) is 0 Å². The van der Waals surface area contributed by atoms with Crippen molar-refractivity contribution in [3.05, 3.63) is 111 Å². The summed E-state index contributed by atoms with van der Waals surface area (Å²) in [6.07, 6.45) is -0.582. The highest BCUT2D eigenvalue weighted by molar-refractivity contribution is 6.30. The largest absolute Gasteiger partial charge is 0.478 e. The lowest BCUT2D eigenvalue weighted by molar-refractivity contribution is 0.0696.